The van der Waals surface area contributed by atoms with E-state index in [1.165, 1.54) is 5.57 Å². The maximum atomic E-state index is 12.1. The second-order valence-electron chi connectivity index (χ2n) is 7.38. The van der Waals surface area contributed by atoms with Crippen molar-refractivity contribution in [2.24, 2.45) is 17.3 Å². The van der Waals surface area contributed by atoms with Gasteiger partial charge in [0.2, 0.25) is 0 Å². The minimum Gasteiger partial charge on any atom is -0.386 e. The normalized spacial score (nSPS) is 32.4. The molecule has 2 heteroatoms. The maximum Gasteiger partial charge on any atom is 0.137 e. The van der Waals surface area contributed by atoms with E-state index in [2.05, 4.69) is 26.0 Å². The molecule has 0 heterocycles. The predicted octanol–water partition coefficient (Wildman–Crippen LogP) is 4.05. The van der Waals surface area contributed by atoms with Crippen LogP contribution in [0, 0.1) is 17.3 Å². The van der Waals surface area contributed by atoms with Crippen LogP contribution in [0.3, 0.4) is 0 Å². The van der Waals surface area contributed by atoms with Gasteiger partial charge in [-0.15, -0.1) is 0 Å². The molecule has 0 aromatic rings. The summed E-state index contributed by atoms with van der Waals surface area (Å²) >= 11 is 0. The molecule has 112 valence electrons. The van der Waals surface area contributed by atoms with Crippen LogP contribution in [0.25, 0.3) is 0 Å². The van der Waals surface area contributed by atoms with Crippen LogP contribution in [0.1, 0.15) is 59.8 Å². The van der Waals surface area contributed by atoms with Crippen LogP contribution in [0.15, 0.2) is 23.8 Å². The lowest BCUT2D eigenvalue weighted by Gasteiger charge is -2.40. The van der Waals surface area contributed by atoms with Crippen LogP contribution in [0.4, 0.5) is 0 Å². The topological polar surface area (TPSA) is 37.3 Å². The van der Waals surface area contributed by atoms with Gasteiger partial charge in [-0.2, -0.15) is 0 Å². The zero-order valence-electron chi connectivity index (χ0n) is 13.3. The van der Waals surface area contributed by atoms with Gasteiger partial charge in [0, 0.05) is 12.3 Å². The summed E-state index contributed by atoms with van der Waals surface area (Å²) in [6.45, 7) is 8.11. The first kappa shape index (κ1) is 15.5. The molecule has 0 aromatic heterocycles. The Balaban J connectivity index is 2.06. The smallest absolute Gasteiger partial charge is 0.137 e. The van der Waals surface area contributed by atoms with Gasteiger partial charge in [-0.1, -0.05) is 37.6 Å². The highest BCUT2D eigenvalue weighted by Gasteiger charge is 2.47. The van der Waals surface area contributed by atoms with Gasteiger partial charge in [0.25, 0.3) is 0 Å². The van der Waals surface area contributed by atoms with E-state index in [4.69, 9.17) is 0 Å². The summed E-state index contributed by atoms with van der Waals surface area (Å²) in [5, 5.41) is 9.72. The van der Waals surface area contributed by atoms with Crippen LogP contribution in [0.5, 0.6) is 0 Å². The number of rotatable bonds is 4. The first-order chi connectivity index (χ1) is 9.24. The highest BCUT2D eigenvalue weighted by atomic mass is 16.3. The molecule has 3 unspecified atom stereocenters. The zero-order valence-corrected chi connectivity index (χ0v) is 13.3. The van der Waals surface area contributed by atoms with Gasteiger partial charge in [0.15, 0.2) is 0 Å². The molecule has 0 radical (unpaired) electrons. The SMILES string of the molecule is CC(C/C=C/C(C)(C)O)C1=CCC2C(=O)CCCC12C. The molecule has 1 saturated carbocycles. The van der Waals surface area contributed by atoms with Gasteiger partial charge >= 0.3 is 0 Å². The Morgan fingerprint density at radius 3 is 2.90 bits per heavy atom. The van der Waals surface area contributed by atoms with Gasteiger partial charge in [-0.25, -0.2) is 0 Å². The molecular weight excluding hydrogens is 248 g/mol. The number of carbonyl (C=O) groups is 1. The van der Waals surface area contributed by atoms with Crippen molar-refractivity contribution >= 4 is 5.78 Å². The summed E-state index contributed by atoms with van der Waals surface area (Å²) < 4.78 is 0. The molecule has 0 amide bonds. The van der Waals surface area contributed by atoms with Crippen molar-refractivity contribution in [3.8, 4) is 0 Å². The monoisotopic (exact) mass is 276 g/mol. The lowest BCUT2D eigenvalue weighted by Crippen LogP contribution is -2.36. The van der Waals surface area contributed by atoms with E-state index < -0.39 is 5.60 Å². The number of Topliss-reactive ketones (excluding diaryl/α,β-unsaturated/α-hetero) is 1. The van der Waals surface area contributed by atoms with Gasteiger partial charge in [-0.3, -0.25) is 4.79 Å². The molecule has 20 heavy (non-hydrogen) atoms. The lowest BCUT2D eigenvalue weighted by molar-refractivity contribution is -0.128. The minimum absolute atomic E-state index is 0.0946. The molecule has 0 aliphatic heterocycles. The molecule has 2 rings (SSSR count). The fraction of sp³-hybridized carbons (Fsp3) is 0.722. The molecule has 0 aromatic carbocycles. The highest BCUT2D eigenvalue weighted by Crippen LogP contribution is 2.53. The number of hydrogen-bond acceptors (Lipinski definition) is 2. The molecule has 0 spiro atoms. The molecule has 1 N–H and O–H groups in total. The second-order valence-corrected chi connectivity index (χ2v) is 7.38. The number of carbonyl (C=O) groups excluding carboxylic acids is 1. The fourth-order valence-corrected chi connectivity index (χ4v) is 4.00. The van der Waals surface area contributed by atoms with Crippen LogP contribution in [0.2, 0.25) is 0 Å². The van der Waals surface area contributed by atoms with E-state index in [0.29, 0.717) is 11.7 Å². The van der Waals surface area contributed by atoms with Crippen LogP contribution in [-0.2, 0) is 4.79 Å². The third-order valence-corrected chi connectivity index (χ3v) is 5.06. The summed E-state index contributed by atoms with van der Waals surface area (Å²) in [5.41, 5.74) is 0.824. The van der Waals surface area contributed by atoms with Crippen molar-refractivity contribution in [1.82, 2.24) is 0 Å². The first-order valence-corrected chi connectivity index (χ1v) is 7.87. The molecule has 2 aliphatic carbocycles. The van der Waals surface area contributed by atoms with Gasteiger partial charge < -0.3 is 5.11 Å². The summed E-state index contributed by atoms with van der Waals surface area (Å²) in [6, 6.07) is 0. The molecule has 2 aliphatic rings. The van der Waals surface area contributed by atoms with E-state index >= 15 is 0 Å². The Bertz CT molecular complexity index is 439. The summed E-state index contributed by atoms with van der Waals surface area (Å²) in [5.74, 6) is 1.14. The van der Waals surface area contributed by atoms with E-state index in [1.54, 1.807) is 13.8 Å². The number of aliphatic hydroxyl groups is 1. The molecule has 2 nitrogen and oxygen atoms in total. The maximum absolute atomic E-state index is 12.1. The van der Waals surface area contributed by atoms with Crippen molar-refractivity contribution in [1.29, 1.82) is 0 Å². The minimum atomic E-state index is -0.739. The fourth-order valence-electron chi connectivity index (χ4n) is 4.00. The third kappa shape index (κ3) is 3.06. The standard InChI is InChI=1S/C18H28O2/c1-13(7-5-11-17(2,3)20)14-9-10-15-16(19)8-6-12-18(14,15)4/h5,9,11,13,15,20H,6-8,10,12H2,1-4H3/b11-5+. The van der Waals surface area contributed by atoms with Crippen LogP contribution < -0.4 is 0 Å². The van der Waals surface area contributed by atoms with Gasteiger partial charge in [0.1, 0.15) is 5.78 Å². The van der Waals surface area contributed by atoms with Crippen LogP contribution in [-0.4, -0.2) is 16.5 Å². The third-order valence-electron chi connectivity index (χ3n) is 5.06. The van der Waals surface area contributed by atoms with Crippen molar-refractivity contribution in [3.05, 3.63) is 23.8 Å². The van der Waals surface area contributed by atoms with E-state index in [1.807, 2.05) is 6.08 Å². The highest BCUT2D eigenvalue weighted by molar-refractivity contribution is 5.84. The number of allylic oxidation sites excluding steroid dienone is 3. The lowest BCUT2D eigenvalue weighted by atomic mass is 9.63. The number of fused-ring (bicyclic) bond motifs is 1. The van der Waals surface area contributed by atoms with Crippen LogP contribution >= 0.6 is 0 Å². The Morgan fingerprint density at radius 1 is 1.55 bits per heavy atom. The Morgan fingerprint density at radius 2 is 2.25 bits per heavy atom. The Hall–Kier alpha value is -0.890. The first-order valence-electron chi connectivity index (χ1n) is 7.87. The Labute approximate surface area is 123 Å². The summed E-state index contributed by atoms with van der Waals surface area (Å²) in [7, 11) is 0. The van der Waals surface area contributed by atoms with Crippen molar-refractivity contribution in [2.75, 3.05) is 0 Å². The van der Waals surface area contributed by atoms with E-state index in [0.717, 1.165) is 32.1 Å². The molecule has 1 fully saturated rings. The number of hydrogen-bond donors (Lipinski definition) is 1. The predicted molar refractivity (Wildman–Crippen MR) is 82.4 cm³/mol. The zero-order chi connectivity index (χ0) is 15.0. The van der Waals surface area contributed by atoms with Crippen molar-refractivity contribution in [2.45, 2.75) is 65.4 Å². The quantitative estimate of drug-likeness (QED) is 0.787. The second kappa shape index (κ2) is 5.48. The molecule has 3 atom stereocenters. The van der Waals surface area contributed by atoms with Crippen molar-refractivity contribution in [3.63, 3.8) is 0 Å². The summed E-state index contributed by atoms with van der Waals surface area (Å²) in [6.07, 6.45) is 11.1. The van der Waals surface area contributed by atoms with Gasteiger partial charge in [-0.05, 0) is 50.9 Å². The largest absolute Gasteiger partial charge is 0.386 e. The van der Waals surface area contributed by atoms with Crippen molar-refractivity contribution < 1.29 is 9.90 Å². The number of ketones is 1. The molecule has 0 saturated heterocycles. The average molecular weight is 276 g/mol. The van der Waals surface area contributed by atoms with E-state index in [9.17, 15) is 9.90 Å². The Kier molecular flexibility index (Phi) is 4.24. The molecular formula is C18H28O2. The average Bonchev–Trinajstić information content (AvgIpc) is 2.66. The summed E-state index contributed by atoms with van der Waals surface area (Å²) in [4.78, 5) is 12.1. The molecule has 0 bridgehead atoms. The van der Waals surface area contributed by atoms with E-state index in [-0.39, 0.29) is 11.3 Å². The van der Waals surface area contributed by atoms with Gasteiger partial charge in [0.05, 0.1) is 5.60 Å².